The highest BCUT2D eigenvalue weighted by Gasteiger charge is 2.30. The average Bonchev–Trinajstić information content (AvgIpc) is 3.40. The molecule has 3 heterocycles. The third kappa shape index (κ3) is 3.67. The molecule has 0 unspecified atom stereocenters. The van der Waals surface area contributed by atoms with Crippen molar-refractivity contribution in [2.24, 2.45) is 19.9 Å². The number of pyridine rings is 1. The summed E-state index contributed by atoms with van der Waals surface area (Å²) in [6, 6.07) is 7.14. The monoisotopic (exact) mass is 421 g/mol. The minimum absolute atomic E-state index is 0.0171. The second kappa shape index (κ2) is 7.38. The number of anilines is 3. The third-order valence-corrected chi connectivity index (χ3v) is 5.02. The second-order valence-electron chi connectivity index (χ2n) is 7.38. The maximum atomic E-state index is 12.3. The molecule has 5 rings (SSSR count). The van der Waals surface area contributed by atoms with Gasteiger partial charge < -0.3 is 15.4 Å². The number of methoxy groups -OCH3 is 1. The van der Waals surface area contributed by atoms with Crippen LogP contribution in [0.4, 0.5) is 17.2 Å². The fourth-order valence-electron chi connectivity index (χ4n) is 3.38. The molecule has 10 heteroatoms. The maximum Gasteiger partial charge on any atom is 0.228 e. The molecule has 31 heavy (non-hydrogen) atoms. The van der Waals surface area contributed by atoms with Crippen LogP contribution < -0.4 is 15.4 Å². The SMILES string of the molecule is [2H]C([2H])([2H])n1cc2c(Nc3cccc(-c4ncn(C)n4)c3OC)cc(NC(=O)C3CC3)nc2n1. The Morgan fingerprint density at radius 1 is 1.26 bits per heavy atom. The summed E-state index contributed by atoms with van der Waals surface area (Å²) in [5, 5.41) is 15.0. The smallest absolute Gasteiger partial charge is 0.228 e. The lowest BCUT2D eigenvalue weighted by molar-refractivity contribution is -0.117. The van der Waals surface area contributed by atoms with Crippen LogP contribution in [0.25, 0.3) is 22.4 Å². The van der Waals surface area contributed by atoms with Crippen molar-refractivity contribution < 1.29 is 13.6 Å². The molecule has 0 radical (unpaired) electrons. The van der Waals surface area contributed by atoms with E-state index in [1.807, 2.05) is 18.2 Å². The van der Waals surface area contributed by atoms with Crippen molar-refractivity contribution in [2.75, 3.05) is 17.7 Å². The van der Waals surface area contributed by atoms with E-state index in [2.05, 4.69) is 30.8 Å². The fourth-order valence-corrected chi connectivity index (χ4v) is 3.38. The van der Waals surface area contributed by atoms with Crippen LogP contribution >= 0.6 is 0 Å². The molecule has 3 aromatic heterocycles. The molecule has 1 aliphatic carbocycles. The summed E-state index contributed by atoms with van der Waals surface area (Å²) in [4.78, 5) is 21.0. The van der Waals surface area contributed by atoms with Crippen LogP contribution in [0.15, 0.2) is 36.8 Å². The molecular weight excluding hydrogens is 396 g/mol. The van der Waals surface area contributed by atoms with E-state index in [4.69, 9.17) is 8.85 Å². The Labute approximate surface area is 182 Å². The minimum atomic E-state index is -2.47. The number of hydrogen-bond donors (Lipinski definition) is 2. The lowest BCUT2D eigenvalue weighted by Crippen LogP contribution is -2.14. The van der Waals surface area contributed by atoms with Crippen molar-refractivity contribution in [1.82, 2.24) is 29.5 Å². The zero-order valence-electron chi connectivity index (χ0n) is 20.0. The van der Waals surface area contributed by atoms with Gasteiger partial charge >= 0.3 is 0 Å². The van der Waals surface area contributed by atoms with Gasteiger partial charge in [0, 0.05) is 36.3 Å². The molecule has 0 saturated heterocycles. The normalized spacial score (nSPS) is 15.2. The van der Waals surface area contributed by atoms with Gasteiger partial charge in [-0.15, -0.1) is 0 Å². The number of aromatic nitrogens is 6. The number of carbonyl (C=O) groups is 1. The molecular formula is C21H22N8O2. The molecule has 0 atom stereocenters. The van der Waals surface area contributed by atoms with Gasteiger partial charge in [-0.2, -0.15) is 10.2 Å². The van der Waals surface area contributed by atoms with Crippen molar-refractivity contribution in [1.29, 1.82) is 0 Å². The summed E-state index contributed by atoms with van der Waals surface area (Å²) in [6.07, 6.45) is 4.69. The number of para-hydroxylation sites is 1. The van der Waals surface area contributed by atoms with E-state index in [9.17, 15) is 4.79 Å². The summed E-state index contributed by atoms with van der Waals surface area (Å²) in [5.74, 6) is 1.15. The van der Waals surface area contributed by atoms with Gasteiger partial charge in [0.05, 0.1) is 29.4 Å². The van der Waals surface area contributed by atoms with Crippen LogP contribution in [0.1, 0.15) is 17.0 Å². The van der Waals surface area contributed by atoms with Crippen LogP contribution in [0.5, 0.6) is 5.75 Å². The van der Waals surface area contributed by atoms with Gasteiger partial charge in [-0.1, -0.05) is 6.07 Å². The molecule has 0 spiro atoms. The van der Waals surface area contributed by atoms with Crippen molar-refractivity contribution >= 4 is 34.1 Å². The molecule has 1 saturated carbocycles. The third-order valence-electron chi connectivity index (χ3n) is 5.02. The highest BCUT2D eigenvalue weighted by atomic mass is 16.5. The number of rotatable bonds is 6. The average molecular weight is 421 g/mol. The number of aryl methyl sites for hydroxylation is 2. The number of fused-ring (bicyclic) bond motifs is 1. The van der Waals surface area contributed by atoms with Crippen molar-refractivity contribution in [2.45, 2.75) is 12.8 Å². The highest BCUT2D eigenvalue weighted by Crippen LogP contribution is 2.38. The zero-order valence-corrected chi connectivity index (χ0v) is 17.0. The van der Waals surface area contributed by atoms with Gasteiger partial charge in [0.15, 0.2) is 17.2 Å². The van der Waals surface area contributed by atoms with E-state index in [-0.39, 0.29) is 23.3 Å². The van der Waals surface area contributed by atoms with Crippen molar-refractivity contribution in [3.63, 3.8) is 0 Å². The molecule has 1 aliphatic rings. The highest BCUT2D eigenvalue weighted by molar-refractivity contribution is 5.98. The van der Waals surface area contributed by atoms with E-state index >= 15 is 0 Å². The minimum Gasteiger partial charge on any atom is -0.494 e. The summed E-state index contributed by atoms with van der Waals surface area (Å²) in [6.45, 7) is -2.47. The fraction of sp³-hybridized carbons (Fsp3) is 0.286. The molecule has 1 aromatic carbocycles. The Morgan fingerprint density at radius 2 is 2.13 bits per heavy atom. The van der Waals surface area contributed by atoms with Gasteiger partial charge in [-0.25, -0.2) is 9.97 Å². The lowest BCUT2D eigenvalue weighted by Gasteiger charge is -2.15. The number of carbonyl (C=O) groups excluding carboxylic acids is 1. The van der Waals surface area contributed by atoms with Gasteiger partial charge in [-0.3, -0.25) is 14.2 Å². The lowest BCUT2D eigenvalue weighted by atomic mass is 10.1. The van der Waals surface area contributed by atoms with Crippen molar-refractivity contribution in [3.05, 3.63) is 36.8 Å². The first-order valence-corrected chi connectivity index (χ1v) is 9.75. The Kier molecular flexibility index (Phi) is 3.77. The number of ether oxygens (including phenoxy) is 1. The van der Waals surface area contributed by atoms with Gasteiger partial charge in [0.1, 0.15) is 12.1 Å². The second-order valence-corrected chi connectivity index (χ2v) is 7.38. The number of benzene rings is 1. The Balaban J connectivity index is 1.59. The number of nitrogens with zero attached hydrogens (tertiary/aromatic N) is 6. The molecule has 158 valence electrons. The molecule has 1 fully saturated rings. The first-order valence-electron chi connectivity index (χ1n) is 11.2. The van der Waals surface area contributed by atoms with E-state index in [1.54, 1.807) is 31.2 Å². The quantitative estimate of drug-likeness (QED) is 0.492. The molecule has 1 amide bonds. The summed E-state index contributed by atoms with van der Waals surface area (Å²) >= 11 is 0. The van der Waals surface area contributed by atoms with Gasteiger partial charge in [-0.05, 0) is 25.0 Å². The summed E-state index contributed by atoms with van der Waals surface area (Å²) < 4.78 is 31.2. The van der Waals surface area contributed by atoms with E-state index in [0.29, 0.717) is 33.9 Å². The Morgan fingerprint density at radius 3 is 2.84 bits per heavy atom. The van der Waals surface area contributed by atoms with Crippen LogP contribution in [0.3, 0.4) is 0 Å². The number of amides is 1. The predicted molar refractivity (Wildman–Crippen MR) is 116 cm³/mol. The topological polar surface area (TPSA) is 112 Å². The largest absolute Gasteiger partial charge is 0.494 e. The van der Waals surface area contributed by atoms with Crippen LogP contribution in [0, 0.1) is 5.92 Å². The molecule has 2 N–H and O–H groups in total. The van der Waals surface area contributed by atoms with Crippen LogP contribution in [0.2, 0.25) is 0 Å². The zero-order chi connectivity index (χ0) is 24.0. The van der Waals surface area contributed by atoms with Crippen molar-refractivity contribution in [3.8, 4) is 17.1 Å². The van der Waals surface area contributed by atoms with Crippen LogP contribution in [-0.4, -0.2) is 42.5 Å². The standard InChI is InChI=1S/C21H22N8O2/c1-28-10-14-16(9-17(24-20(14)27-28)25-21(30)12-7-8-12)23-15-6-4-5-13(18(15)31-3)19-22-11-29(2)26-19/h4-6,9-12,23H,7-8H2,1-3H3,(H,24,25,27,30)/i1D3. The predicted octanol–water partition coefficient (Wildman–Crippen LogP) is 2.86. The van der Waals surface area contributed by atoms with Crippen LogP contribution in [-0.2, 0) is 18.8 Å². The first-order chi connectivity index (χ1) is 16.2. The summed E-state index contributed by atoms with van der Waals surface area (Å²) in [5.41, 5.74) is 1.98. The van der Waals surface area contributed by atoms with Gasteiger partial charge in [0.25, 0.3) is 0 Å². The Hall–Kier alpha value is -3.95. The van der Waals surface area contributed by atoms with E-state index in [0.717, 1.165) is 17.5 Å². The molecule has 10 nitrogen and oxygen atoms in total. The summed E-state index contributed by atoms with van der Waals surface area (Å²) in [7, 11) is 3.32. The maximum absolute atomic E-state index is 12.3. The molecule has 0 bridgehead atoms. The van der Waals surface area contributed by atoms with Gasteiger partial charge in [0.2, 0.25) is 5.91 Å². The first kappa shape index (κ1) is 15.8. The van der Waals surface area contributed by atoms with E-state index < -0.39 is 6.98 Å². The Bertz CT molecular complexity index is 1390. The number of nitrogens with one attached hydrogen (secondary N) is 2. The molecule has 0 aliphatic heterocycles. The van der Waals surface area contributed by atoms with E-state index in [1.165, 1.54) is 6.20 Å². The number of hydrogen-bond acceptors (Lipinski definition) is 7. The molecule has 4 aromatic rings.